The SMILES string of the molecule is COCCNC(=O)c1ccc(OCCCC2CCN(C(=O)OC(C)(C)C)CC2)nc1.[HH]. The van der Waals surface area contributed by atoms with Gasteiger partial charge in [0.15, 0.2) is 0 Å². The lowest BCUT2D eigenvalue weighted by Crippen LogP contribution is -2.41. The number of piperidine rings is 1. The van der Waals surface area contributed by atoms with E-state index in [9.17, 15) is 9.59 Å². The normalized spacial score (nSPS) is 15.0. The molecule has 170 valence electrons. The maximum atomic E-state index is 12.1. The molecule has 0 radical (unpaired) electrons. The van der Waals surface area contributed by atoms with Gasteiger partial charge in [-0.1, -0.05) is 0 Å². The summed E-state index contributed by atoms with van der Waals surface area (Å²) in [7, 11) is 1.59. The van der Waals surface area contributed by atoms with Crippen molar-refractivity contribution in [2.45, 2.75) is 52.1 Å². The van der Waals surface area contributed by atoms with Gasteiger partial charge in [-0.15, -0.1) is 0 Å². The van der Waals surface area contributed by atoms with Crippen LogP contribution in [0.4, 0.5) is 4.79 Å². The maximum Gasteiger partial charge on any atom is 0.410 e. The number of nitrogens with zero attached hydrogens (tertiary/aromatic N) is 2. The molecule has 0 aromatic carbocycles. The second kappa shape index (κ2) is 11.7. The lowest BCUT2D eigenvalue weighted by atomic mass is 9.92. The zero-order valence-corrected chi connectivity index (χ0v) is 18.6. The van der Waals surface area contributed by atoms with Gasteiger partial charge in [-0.25, -0.2) is 9.78 Å². The number of amides is 2. The molecule has 2 heterocycles. The molecule has 1 aromatic rings. The maximum absolute atomic E-state index is 12.1. The predicted molar refractivity (Wildman–Crippen MR) is 116 cm³/mol. The van der Waals surface area contributed by atoms with Crippen LogP contribution in [-0.2, 0) is 9.47 Å². The van der Waals surface area contributed by atoms with E-state index < -0.39 is 5.60 Å². The summed E-state index contributed by atoms with van der Waals surface area (Å²) in [6, 6.07) is 3.42. The smallest absolute Gasteiger partial charge is 0.410 e. The molecule has 2 amide bonds. The van der Waals surface area contributed by atoms with Crippen molar-refractivity contribution in [2.24, 2.45) is 5.92 Å². The fourth-order valence-corrected chi connectivity index (χ4v) is 3.25. The van der Waals surface area contributed by atoms with Crippen molar-refractivity contribution in [1.29, 1.82) is 0 Å². The topological polar surface area (TPSA) is 90.0 Å². The zero-order chi connectivity index (χ0) is 22.0. The Balaban J connectivity index is 0.00000480. The molecular formula is C22H37N3O5. The highest BCUT2D eigenvalue weighted by Crippen LogP contribution is 2.23. The van der Waals surface area contributed by atoms with E-state index in [1.165, 1.54) is 6.20 Å². The summed E-state index contributed by atoms with van der Waals surface area (Å²) in [4.78, 5) is 30.0. The van der Waals surface area contributed by atoms with Gasteiger partial charge < -0.3 is 24.4 Å². The van der Waals surface area contributed by atoms with Gasteiger partial charge in [0.25, 0.3) is 5.91 Å². The third-order valence-electron chi connectivity index (χ3n) is 4.86. The van der Waals surface area contributed by atoms with Gasteiger partial charge in [0.2, 0.25) is 5.88 Å². The van der Waals surface area contributed by atoms with Crippen molar-refractivity contribution in [2.75, 3.05) is 40.0 Å². The molecule has 0 unspecified atom stereocenters. The van der Waals surface area contributed by atoms with Crippen LogP contribution in [0.15, 0.2) is 18.3 Å². The number of hydrogen-bond acceptors (Lipinski definition) is 6. The summed E-state index contributed by atoms with van der Waals surface area (Å²) in [6.07, 6.45) is 5.27. The lowest BCUT2D eigenvalue weighted by molar-refractivity contribution is 0.0179. The van der Waals surface area contributed by atoms with E-state index >= 15 is 0 Å². The number of pyridine rings is 1. The number of carbonyl (C=O) groups is 2. The molecule has 0 spiro atoms. The van der Waals surface area contributed by atoms with Crippen LogP contribution in [-0.4, -0.2) is 67.4 Å². The van der Waals surface area contributed by atoms with Crippen molar-refractivity contribution in [3.63, 3.8) is 0 Å². The minimum atomic E-state index is -0.453. The number of nitrogens with one attached hydrogen (secondary N) is 1. The molecule has 0 aliphatic carbocycles. The van der Waals surface area contributed by atoms with E-state index in [1.807, 2.05) is 20.8 Å². The summed E-state index contributed by atoms with van der Waals surface area (Å²) in [5, 5.41) is 2.75. The van der Waals surface area contributed by atoms with Crippen LogP contribution in [0.25, 0.3) is 0 Å². The van der Waals surface area contributed by atoms with Crippen LogP contribution in [0.2, 0.25) is 0 Å². The summed E-state index contributed by atoms with van der Waals surface area (Å²) in [5.41, 5.74) is 0.0425. The van der Waals surface area contributed by atoms with E-state index in [4.69, 9.17) is 14.2 Å². The molecule has 8 nitrogen and oxygen atoms in total. The van der Waals surface area contributed by atoms with Gasteiger partial charge in [-0.3, -0.25) is 4.79 Å². The summed E-state index contributed by atoms with van der Waals surface area (Å²) < 4.78 is 16.0. The number of rotatable bonds is 9. The van der Waals surface area contributed by atoms with Crippen molar-refractivity contribution in [1.82, 2.24) is 15.2 Å². The molecule has 1 saturated heterocycles. The first-order valence-electron chi connectivity index (χ1n) is 10.6. The standard InChI is InChI=1S/C22H35N3O5.H2/c1-22(2,3)30-21(27)25-12-9-17(10-13-25)6-5-14-29-19-8-7-18(16-24-19)20(26)23-11-15-28-4;/h7-8,16-17H,5-6,9-15H2,1-4H3,(H,23,26);1H. The zero-order valence-electron chi connectivity index (χ0n) is 18.6. The number of ether oxygens (including phenoxy) is 3. The molecule has 2 rings (SSSR count). The first-order valence-corrected chi connectivity index (χ1v) is 10.6. The van der Waals surface area contributed by atoms with Crippen LogP contribution >= 0.6 is 0 Å². The van der Waals surface area contributed by atoms with Crippen LogP contribution < -0.4 is 10.1 Å². The molecule has 0 saturated carbocycles. The number of carbonyl (C=O) groups excluding carboxylic acids is 2. The molecule has 8 heteroatoms. The van der Waals surface area contributed by atoms with Gasteiger partial charge in [-0.05, 0) is 58.4 Å². The second-order valence-corrected chi connectivity index (χ2v) is 8.54. The van der Waals surface area contributed by atoms with Gasteiger partial charge in [0, 0.05) is 40.4 Å². The van der Waals surface area contributed by atoms with E-state index in [1.54, 1.807) is 24.1 Å². The Bertz CT molecular complexity index is 671. The molecular weight excluding hydrogens is 386 g/mol. The fourth-order valence-electron chi connectivity index (χ4n) is 3.25. The van der Waals surface area contributed by atoms with E-state index in [0.29, 0.717) is 37.1 Å². The van der Waals surface area contributed by atoms with E-state index in [2.05, 4.69) is 10.3 Å². The molecule has 0 atom stereocenters. The van der Waals surface area contributed by atoms with Crippen molar-refractivity contribution in [3.8, 4) is 5.88 Å². The van der Waals surface area contributed by atoms with Crippen molar-refractivity contribution >= 4 is 12.0 Å². The van der Waals surface area contributed by atoms with Crippen LogP contribution in [0.3, 0.4) is 0 Å². The molecule has 0 bridgehead atoms. The van der Waals surface area contributed by atoms with E-state index in [-0.39, 0.29) is 13.4 Å². The first kappa shape index (κ1) is 23.9. The fraction of sp³-hybridized carbons (Fsp3) is 0.682. The Kier molecular flexibility index (Phi) is 9.36. The summed E-state index contributed by atoms with van der Waals surface area (Å²) in [6.45, 7) is 8.67. The minimum absolute atomic E-state index is 0. The molecule has 1 N–H and O–H groups in total. The van der Waals surface area contributed by atoms with Gasteiger partial charge >= 0.3 is 6.09 Å². The Labute approximate surface area is 180 Å². The average Bonchev–Trinajstić information content (AvgIpc) is 2.71. The summed E-state index contributed by atoms with van der Waals surface area (Å²) >= 11 is 0. The van der Waals surface area contributed by atoms with Gasteiger partial charge in [0.05, 0.1) is 18.8 Å². The Morgan fingerprint density at radius 3 is 2.57 bits per heavy atom. The number of methoxy groups -OCH3 is 1. The minimum Gasteiger partial charge on any atom is -0.478 e. The van der Waals surface area contributed by atoms with Crippen LogP contribution in [0.5, 0.6) is 5.88 Å². The van der Waals surface area contributed by atoms with Crippen molar-refractivity contribution in [3.05, 3.63) is 23.9 Å². The predicted octanol–water partition coefficient (Wildman–Crippen LogP) is 3.51. The van der Waals surface area contributed by atoms with Crippen LogP contribution in [0, 0.1) is 5.92 Å². The average molecular weight is 424 g/mol. The molecule has 1 aliphatic heterocycles. The number of aromatic nitrogens is 1. The van der Waals surface area contributed by atoms with Crippen molar-refractivity contribution < 1.29 is 25.2 Å². The lowest BCUT2D eigenvalue weighted by Gasteiger charge is -2.33. The van der Waals surface area contributed by atoms with Gasteiger partial charge in [0.1, 0.15) is 5.60 Å². The highest BCUT2D eigenvalue weighted by Gasteiger charge is 2.26. The van der Waals surface area contributed by atoms with Gasteiger partial charge in [-0.2, -0.15) is 0 Å². The molecule has 1 aliphatic rings. The second-order valence-electron chi connectivity index (χ2n) is 8.54. The number of hydrogen-bond donors (Lipinski definition) is 1. The number of likely N-dealkylation sites (tertiary alicyclic amines) is 1. The van der Waals surface area contributed by atoms with E-state index in [0.717, 1.165) is 38.8 Å². The summed E-state index contributed by atoms with van der Waals surface area (Å²) in [5.74, 6) is 0.936. The third-order valence-corrected chi connectivity index (χ3v) is 4.86. The monoisotopic (exact) mass is 423 g/mol. The Morgan fingerprint density at radius 1 is 1.23 bits per heavy atom. The molecule has 1 fully saturated rings. The third kappa shape index (κ3) is 8.57. The Morgan fingerprint density at radius 2 is 1.97 bits per heavy atom. The quantitative estimate of drug-likeness (QED) is 0.611. The molecule has 30 heavy (non-hydrogen) atoms. The molecule has 1 aromatic heterocycles. The highest BCUT2D eigenvalue weighted by atomic mass is 16.6. The largest absolute Gasteiger partial charge is 0.478 e. The van der Waals surface area contributed by atoms with Crippen LogP contribution in [0.1, 0.15) is 58.2 Å². The highest BCUT2D eigenvalue weighted by molar-refractivity contribution is 5.93. The first-order chi connectivity index (χ1) is 14.3. The Hall–Kier alpha value is -2.35.